The van der Waals surface area contributed by atoms with E-state index in [1.54, 1.807) is 22.3 Å². The van der Waals surface area contributed by atoms with E-state index in [0.29, 0.717) is 36.3 Å². The van der Waals surface area contributed by atoms with Gasteiger partial charge in [-0.05, 0) is 73.4 Å². The number of carbonyl (C=O) groups excluding carboxylic acids is 2. The van der Waals surface area contributed by atoms with Crippen molar-refractivity contribution in [2.45, 2.75) is 65.3 Å². The second kappa shape index (κ2) is 10.8. The Bertz CT molecular complexity index is 1390. The van der Waals surface area contributed by atoms with Crippen LogP contribution in [-0.2, 0) is 16.0 Å². The van der Waals surface area contributed by atoms with Gasteiger partial charge in [-0.15, -0.1) is 11.3 Å². The lowest BCUT2D eigenvalue weighted by Gasteiger charge is -2.40. The number of pyridine rings is 1. The zero-order valence-electron chi connectivity index (χ0n) is 23.7. The van der Waals surface area contributed by atoms with E-state index < -0.39 is 11.8 Å². The Balaban J connectivity index is 1.37. The summed E-state index contributed by atoms with van der Waals surface area (Å²) in [6, 6.07) is 7.99. The molecule has 1 aromatic carbocycles. The second-order valence-electron chi connectivity index (χ2n) is 12.3. The second-order valence-corrected chi connectivity index (χ2v) is 13.3. The maximum atomic E-state index is 13.5. The summed E-state index contributed by atoms with van der Waals surface area (Å²) in [5.41, 5.74) is 9.50. The van der Waals surface area contributed by atoms with Crippen molar-refractivity contribution in [3.05, 3.63) is 46.6 Å². The molecule has 2 amide bonds. The van der Waals surface area contributed by atoms with Crippen LogP contribution in [0.4, 0.5) is 11.5 Å². The van der Waals surface area contributed by atoms with E-state index in [9.17, 15) is 9.59 Å². The van der Waals surface area contributed by atoms with Crippen LogP contribution in [0.5, 0.6) is 0 Å². The van der Waals surface area contributed by atoms with E-state index in [4.69, 9.17) is 10.7 Å². The van der Waals surface area contributed by atoms with Crippen LogP contribution in [0.25, 0.3) is 10.2 Å². The first-order valence-electron chi connectivity index (χ1n) is 14.0. The Hall–Kier alpha value is -3.04. The minimum atomic E-state index is -0.649. The highest BCUT2D eigenvalue weighted by Crippen LogP contribution is 2.41. The summed E-state index contributed by atoms with van der Waals surface area (Å²) in [7, 11) is 2.19. The van der Waals surface area contributed by atoms with Crippen LogP contribution >= 0.6 is 11.3 Å². The minimum absolute atomic E-state index is 0.163. The Morgan fingerprint density at radius 3 is 2.74 bits per heavy atom. The van der Waals surface area contributed by atoms with Crippen LogP contribution in [-0.4, -0.2) is 58.3 Å². The van der Waals surface area contributed by atoms with Gasteiger partial charge in [0.2, 0.25) is 0 Å². The zero-order valence-corrected chi connectivity index (χ0v) is 24.5. The average molecular weight is 549 g/mol. The van der Waals surface area contributed by atoms with Crippen molar-refractivity contribution in [1.82, 2.24) is 19.8 Å². The molecular weight excluding hydrogens is 508 g/mol. The molecule has 2 aromatic heterocycles. The number of nitrogens with one attached hydrogen (secondary N) is 1. The molecule has 0 spiro atoms. The number of piperidine rings is 2. The number of benzene rings is 1. The molecule has 3 N–H and O–H groups in total. The highest BCUT2D eigenvalue weighted by Gasteiger charge is 2.36. The molecule has 3 atom stereocenters. The molecule has 0 unspecified atom stereocenters. The molecule has 208 valence electrons. The first kappa shape index (κ1) is 27.5. The predicted octanol–water partition coefficient (Wildman–Crippen LogP) is 5.22. The van der Waals surface area contributed by atoms with Gasteiger partial charge in [-0.3, -0.25) is 9.59 Å². The molecular formula is C30H40N6O2S. The first-order valence-corrected chi connectivity index (χ1v) is 14.8. The number of fused-ring (bicyclic) bond motifs is 1. The molecule has 4 heterocycles. The number of thiazole rings is 1. The van der Waals surface area contributed by atoms with E-state index >= 15 is 0 Å². The van der Waals surface area contributed by atoms with E-state index in [0.717, 1.165) is 49.0 Å². The number of amides is 2. The summed E-state index contributed by atoms with van der Waals surface area (Å²) in [4.78, 5) is 39.9. The van der Waals surface area contributed by atoms with Gasteiger partial charge < -0.3 is 20.9 Å². The van der Waals surface area contributed by atoms with Crippen LogP contribution in [0.15, 0.2) is 30.5 Å². The minimum Gasteiger partial charge on any atom is -0.383 e. The smallest absolute Gasteiger partial charge is 0.313 e. The lowest BCUT2D eigenvalue weighted by Crippen LogP contribution is -2.46. The Kier molecular flexibility index (Phi) is 7.66. The summed E-state index contributed by atoms with van der Waals surface area (Å²) in [5, 5.41) is 3.93. The first-order chi connectivity index (χ1) is 18.5. The molecule has 3 aromatic rings. The maximum Gasteiger partial charge on any atom is 0.313 e. The Morgan fingerprint density at radius 1 is 1.21 bits per heavy atom. The lowest BCUT2D eigenvalue weighted by atomic mass is 9.79. The van der Waals surface area contributed by atoms with Gasteiger partial charge in [0, 0.05) is 25.6 Å². The van der Waals surface area contributed by atoms with E-state index in [2.05, 4.69) is 61.2 Å². The van der Waals surface area contributed by atoms with Gasteiger partial charge in [0.1, 0.15) is 5.82 Å². The average Bonchev–Trinajstić information content (AvgIpc) is 3.32. The van der Waals surface area contributed by atoms with Crippen molar-refractivity contribution in [2.24, 2.45) is 11.3 Å². The maximum absolute atomic E-state index is 13.5. The number of carbonyl (C=O) groups is 2. The number of aryl methyl sites for hydroxylation is 1. The molecule has 2 saturated heterocycles. The molecule has 9 heteroatoms. The normalized spacial score (nSPS) is 23.6. The highest BCUT2D eigenvalue weighted by molar-refractivity contribution is 7.18. The van der Waals surface area contributed by atoms with Gasteiger partial charge >= 0.3 is 11.8 Å². The number of nitrogens with two attached hydrogens (primary N) is 1. The summed E-state index contributed by atoms with van der Waals surface area (Å²) in [6.45, 7) is 11.4. The highest BCUT2D eigenvalue weighted by atomic mass is 32.1. The molecule has 2 fully saturated rings. The fourth-order valence-electron chi connectivity index (χ4n) is 6.39. The van der Waals surface area contributed by atoms with Gasteiger partial charge in [-0.25, -0.2) is 9.97 Å². The summed E-state index contributed by atoms with van der Waals surface area (Å²) in [5.74, 6) is 0.0142. The zero-order chi connectivity index (χ0) is 27.9. The summed E-state index contributed by atoms with van der Waals surface area (Å²) >= 11 is 1.78. The number of nitrogen functional groups attached to an aromatic ring is 1. The van der Waals surface area contributed by atoms with Gasteiger partial charge in [-0.1, -0.05) is 33.8 Å². The van der Waals surface area contributed by atoms with Gasteiger partial charge in [0.05, 0.1) is 33.2 Å². The van der Waals surface area contributed by atoms with Crippen molar-refractivity contribution in [3.8, 4) is 0 Å². The molecule has 39 heavy (non-hydrogen) atoms. The van der Waals surface area contributed by atoms with Crippen molar-refractivity contribution in [1.29, 1.82) is 0 Å². The number of aromatic nitrogens is 2. The van der Waals surface area contributed by atoms with E-state index in [1.807, 2.05) is 6.92 Å². The van der Waals surface area contributed by atoms with Crippen LogP contribution in [0.3, 0.4) is 0 Å². The lowest BCUT2D eigenvalue weighted by molar-refractivity contribution is -0.146. The molecule has 0 saturated carbocycles. The van der Waals surface area contributed by atoms with Crippen LogP contribution in [0, 0.1) is 11.3 Å². The van der Waals surface area contributed by atoms with E-state index in [-0.39, 0.29) is 11.5 Å². The number of hydrogen-bond donors (Lipinski definition) is 2. The Morgan fingerprint density at radius 2 is 2.00 bits per heavy atom. The van der Waals surface area contributed by atoms with Gasteiger partial charge in [0.15, 0.2) is 0 Å². The van der Waals surface area contributed by atoms with Gasteiger partial charge in [0.25, 0.3) is 0 Å². The Labute approximate surface area is 235 Å². The van der Waals surface area contributed by atoms with Crippen LogP contribution < -0.4 is 11.1 Å². The predicted molar refractivity (Wildman–Crippen MR) is 158 cm³/mol. The quantitative estimate of drug-likeness (QED) is 0.433. The monoisotopic (exact) mass is 548 g/mol. The fourth-order valence-corrected chi connectivity index (χ4v) is 7.43. The van der Waals surface area contributed by atoms with Crippen LogP contribution in [0.1, 0.15) is 75.1 Å². The third-order valence-electron chi connectivity index (χ3n) is 8.10. The molecule has 0 aliphatic carbocycles. The molecule has 0 bridgehead atoms. The number of likely N-dealkylation sites (N-methyl/N-ethyl adjacent to an activating group) is 1. The molecule has 5 rings (SSSR count). The number of likely N-dealkylation sites (tertiary alicyclic amines) is 2. The van der Waals surface area contributed by atoms with Gasteiger partial charge in [-0.2, -0.15) is 0 Å². The summed E-state index contributed by atoms with van der Waals surface area (Å²) < 4.78 is 1.17. The molecule has 2 aliphatic rings. The van der Waals surface area contributed by atoms with Crippen molar-refractivity contribution in [2.75, 3.05) is 37.7 Å². The molecule has 8 nitrogen and oxygen atoms in total. The fraction of sp³-hybridized carbons (Fsp3) is 0.533. The standard InChI is InChI=1S/C30H40N6O2S/c1-6-19-11-22(14-32-26(19)31)33-27(37)29(38)36-15-18(2)7-9-24(36)20-8-10-25-23(12-20)34-28(39-25)21-13-30(3,4)17-35(5)16-21/h8,10-12,14,18,21,24H,6-7,9,13,15-17H2,1-5H3,(H2,31,32)(H,33,37)/t18-,21-,24+/m0/s1. The van der Waals surface area contributed by atoms with Crippen molar-refractivity contribution >= 4 is 44.9 Å². The molecule has 2 aliphatic heterocycles. The largest absolute Gasteiger partial charge is 0.383 e. The number of hydrogen-bond acceptors (Lipinski definition) is 7. The van der Waals surface area contributed by atoms with Crippen molar-refractivity contribution < 1.29 is 9.59 Å². The van der Waals surface area contributed by atoms with Crippen molar-refractivity contribution in [3.63, 3.8) is 0 Å². The SMILES string of the molecule is CCc1cc(NC(=O)C(=O)N2C[C@@H](C)CC[C@@H]2c2ccc3sc([C@@H]4CN(C)CC(C)(C)C4)nc3c2)cnc1N. The third kappa shape index (κ3) is 5.94. The number of anilines is 2. The summed E-state index contributed by atoms with van der Waals surface area (Å²) in [6.07, 6.45) is 5.13. The van der Waals surface area contributed by atoms with Crippen LogP contribution in [0.2, 0.25) is 0 Å². The molecule has 0 radical (unpaired) electrons. The van der Waals surface area contributed by atoms with E-state index in [1.165, 1.54) is 15.9 Å². The third-order valence-corrected chi connectivity index (χ3v) is 9.30. The number of nitrogens with zero attached hydrogens (tertiary/aromatic N) is 4. The topological polar surface area (TPSA) is 104 Å². The number of rotatable bonds is 4.